The van der Waals surface area contributed by atoms with Gasteiger partial charge in [0.2, 0.25) is 0 Å². The Kier molecular flexibility index (Phi) is 4.81. The van der Waals surface area contributed by atoms with Gasteiger partial charge in [0.1, 0.15) is 6.61 Å². The Morgan fingerprint density at radius 3 is 2.33 bits per heavy atom. The van der Waals surface area contributed by atoms with Crippen molar-refractivity contribution < 1.29 is 23.8 Å². The summed E-state index contributed by atoms with van der Waals surface area (Å²) in [5.74, 6) is -0.483. The third-order valence-electron chi connectivity index (χ3n) is 5.04. The standard InChI is InChI=1S/C21H21NO5/c1-2-25-12-19-20(23)27-13-22(19)21(24)26-11-18-16-9-5-3-7-14(16)15-8-4-6-10-17(15)18/h3-10,18-19H,2,11-13H2,1H3. The topological polar surface area (TPSA) is 65.1 Å². The molecular weight excluding hydrogens is 346 g/mol. The third kappa shape index (κ3) is 3.17. The van der Waals surface area contributed by atoms with Crippen LogP contribution in [0.2, 0.25) is 0 Å². The molecule has 1 heterocycles. The maximum atomic E-state index is 12.6. The van der Waals surface area contributed by atoms with Crippen molar-refractivity contribution in [3.63, 3.8) is 0 Å². The van der Waals surface area contributed by atoms with E-state index >= 15 is 0 Å². The van der Waals surface area contributed by atoms with Gasteiger partial charge in [-0.15, -0.1) is 0 Å². The number of esters is 1. The van der Waals surface area contributed by atoms with Gasteiger partial charge in [0.25, 0.3) is 0 Å². The van der Waals surface area contributed by atoms with E-state index in [-0.39, 0.29) is 25.9 Å². The van der Waals surface area contributed by atoms with Gasteiger partial charge in [-0.2, -0.15) is 0 Å². The summed E-state index contributed by atoms with van der Waals surface area (Å²) in [5, 5.41) is 0. The van der Waals surface area contributed by atoms with E-state index in [2.05, 4.69) is 24.3 Å². The first kappa shape index (κ1) is 17.5. The molecule has 6 nitrogen and oxygen atoms in total. The van der Waals surface area contributed by atoms with Crippen molar-refractivity contribution in [1.82, 2.24) is 4.90 Å². The molecule has 0 N–H and O–H groups in total. The Morgan fingerprint density at radius 2 is 1.70 bits per heavy atom. The Labute approximate surface area is 157 Å². The monoisotopic (exact) mass is 367 g/mol. The van der Waals surface area contributed by atoms with Gasteiger partial charge in [0.15, 0.2) is 12.8 Å². The van der Waals surface area contributed by atoms with Gasteiger partial charge >= 0.3 is 12.1 Å². The number of rotatable bonds is 5. The number of hydrogen-bond acceptors (Lipinski definition) is 5. The van der Waals surface area contributed by atoms with Crippen molar-refractivity contribution >= 4 is 12.1 Å². The fourth-order valence-corrected chi connectivity index (χ4v) is 3.69. The largest absolute Gasteiger partial charge is 0.448 e. The zero-order valence-corrected chi connectivity index (χ0v) is 15.1. The molecule has 1 aliphatic carbocycles. The molecule has 0 aromatic heterocycles. The van der Waals surface area contributed by atoms with E-state index in [1.54, 1.807) is 0 Å². The van der Waals surface area contributed by atoms with Crippen molar-refractivity contribution in [2.75, 3.05) is 26.6 Å². The van der Waals surface area contributed by atoms with E-state index in [0.29, 0.717) is 6.61 Å². The number of cyclic esters (lactones) is 1. The molecule has 1 fully saturated rings. The molecule has 0 saturated carbocycles. The maximum Gasteiger partial charge on any atom is 0.413 e. The van der Waals surface area contributed by atoms with Crippen molar-refractivity contribution in [3.05, 3.63) is 59.7 Å². The minimum atomic E-state index is -0.749. The Hall–Kier alpha value is -2.86. The molecule has 6 heteroatoms. The van der Waals surface area contributed by atoms with Crippen LogP contribution in [0.25, 0.3) is 11.1 Å². The van der Waals surface area contributed by atoms with E-state index < -0.39 is 18.1 Å². The summed E-state index contributed by atoms with van der Waals surface area (Å²) in [6.07, 6.45) is -0.563. The summed E-state index contributed by atoms with van der Waals surface area (Å²) in [6, 6.07) is 15.5. The lowest BCUT2D eigenvalue weighted by Crippen LogP contribution is -2.41. The Bertz CT molecular complexity index is 820. The number of benzene rings is 2. The first-order chi connectivity index (χ1) is 13.2. The summed E-state index contributed by atoms with van der Waals surface area (Å²) in [7, 11) is 0. The number of carbonyl (C=O) groups excluding carboxylic acids is 2. The first-order valence-corrected chi connectivity index (χ1v) is 9.06. The van der Waals surface area contributed by atoms with Crippen LogP contribution in [0.1, 0.15) is 24.0 Å². The highest BCUT2D eigenvalue weighted by Gasteiger charge is 2.39. The van der Waals surface area contributed by atoms with Crippen molar-refractivity contribution in [2.24, 2.45) is 0 Å². The van der Waals surface area contributed by atoms with Crippen LogP contribution >= 0.6 is 0 Å². The van der Waals surface area contributed by atoms with Gasteiger partial charge in [0, 0.05) is 12.5 Å². The smallest absolute Gasteiger partial charge is 0.413 e. The van der Waals surface area contributed by atoms with Crippen LogP contribution in [0.5, 0.6) is 0 Å². The fourth-order valence-electron chi connectivity index (χ4n) is 3.69. The van der Waals surface area contributed by atoms with Crippen molar-refractivity contribution in [1.29, 1.82) is 0 Å². The van der Waals surface area contributed by atoms with Gasteiger partial charge in [-0.05, 0) is 29.2 Å². The Morgan fingerprint density at radius 1 is 1.07 bits per heavy atom. The summed E-state index contributed by atoms with van der Waals surface area (Å²) < 4.78 is 15.9. The van der Waals surface area contributed by atoms with Gasteiger partial charge in [-0.3, -0.25) is 4.90 Å². The third-order valence-corrected chi connectivity index (χ3v) is 5.04. The van der Waals surface area contributed by atoms with Crippen LogP contribution in [-0.2, 0) is 19.0 Å². The zero-order valence-electron chi connectivity index (χ0n) is 15.1. The quantitative estimate of drug-likeness (QED) is 0.760. The van der Waals surface area contributed by atoms with Crippen molar-refractivity contribution in [3.8, 4) is 11.1 Å². The van der Waals surface area contributed by atoms with Gasteiger partial charge in [0.05, 0.1) is 6.61 Å². The maximum absolute atomic E-state index is 12.6. The first-order valence-electron chi connectivity index (χ1n) is 9.06. The summed E-state index contributed by atoms with van der Waals surface area (Å²) >= 11 is 0. The summed E-state index contributed by atoms with van der Waals surface area (Å²) in [5.41, 5.74) is 4.63. The van der Waals surface area contributed by atoms with E-state index in [1.807, 2.05) is 31.2 Å². The van der Waals surface area contributed by atoms with Crippen LogP contribution in [0, 0.1) is 0 Å². The molecule has 0 spiro atoms. The van der Waals surface area contributed by atoms with Crippen LogP contribution < -0.4 is 0 Å². The SMILES string of the molecule is CCOCC1C(=O)OCN1C(=O)OCC1c2ccccc2-c2ccccc21. The predicted octanol–water partition coefficient (Wildman–Crippen LogP) is 3.16. The second-order valence-electron chi connectivity index (χ2n) is 6.54. The Balaban J connectivity index is 1.49. The normalized spacial score (nSPS) is 18.2. The van der Waals surface area contributed by atoms with E-state index in [0.717, 1.165) is 11.1 Å². The lowest BCUT2D eigenvalue weighted by Gasteiger charge is -2.21. The minimum Gasteiger partial charge on any atom is -0.448 e. The lowest BCUT2D eigenvalue weighted by molar-refractivity contribution is -0.140. The number of nitrogens with zero attached hydrogens (tertiary/aromatic N) is 1. The van der Waals surface area contributed by atoms with Crippen LogP contribution in [-0.4, -0.2) is 49.6 Å². The van der Waals surface area contributed by atoms with Crippen molar-refractivity contribution in [2.45, 2.75) is 18.9 Å². The highest BCUT2D eigenvalue weighted by Crippen LogP contribution is 2.44. The molecule has 1 atom stereocenters. The van der Waals surface area contributed by atoms with Crippen LogP contribution in [0.15, 0.2) is 48.5 Å². The molecule has 1 saturated heterocycles. The molecule has 140 valence electrons. The molecule has 2 aliphatic rings. The second-order valence-corrected chi connectivity index (χ2v) is 6.54. The number of hydrogen-bond donors (Lipinski definition) is 0. The molecule has 4 rings (SSSR count). The van der Waals surface area contributed by atoms with Gasteiger partial charge in [-0.1, -0.05) is 48.5 Å². The van der Waals surface area contributed by atoms with Gasteiger partial charge < -0.3 is 14.2 Å². The molecule has 1 aliphatic heterocycles. The summed E-state index contributed by atoms with van der Waals surface area (Å²) in [4.78, 5) is 25.7. The fraction of sp³-hybridized carbons (Fsp3) is 0.333. The highest BCUT2D eigenvalue weighted by molar-refractivity contribution is 5.84. The number of carbonyl (C=O) groups is 2. The van der Waals surface area contributed by atoms with E-state index in [9.17, 15) is 9.59 Å². The molecule has 0 radical (unpaired) electrons. The molecule has 2 aromatic rings. The number of amides is 1. The average Bonchev–Trinajstić information content (AvgIpc) is 3.22. The van der Waals surface area contributed by atoms with E-state index in [4.69, 9.17) is 14.2 Å². The molecule has 27 heavy (non-hydrogen) atoms. The average molecular weight is 367 g/mol. The number of ether oxygens (including phenoxy) is 3. The minimum absolute atomic E-state index is 0.0223. The molecule has 2 aromatic carbocycles. The second kappa shape index (κ2) is 7.40. The molecule has 0 bridgehead atoms. The zero-order chi connectivity index (χ0) is 18.8. The van der Waals surface area contributed by atoms with E-state index in [1.165, 1.54) is 16.0 Å². The number of fused-ring (bicyclic) bond motifs is 3. The van der Waals surface area contributed by atoms with Crippen LogP contribution in [0.3, 0.4) is 0 Å². The van der Waals surface area contributed by atoms with Crippen LogP contribution in [0.4, 0.5) is 4.79 Å². The predicted molar refractivity (Wildman–Crippen MR) is 98.1 cm³/mol. The summed E-state index contributed by atoms with van der Waals surface area (Å²) in [6.45, 7) is 2.51. The molecule has 1 amide bonds. The van der Waals surface area contributed by atoms with Gasteiger partial charge in [-0.25, -0.2) is 9.59 Å². The molecular formula is C21H21NO5. The highest BCUT2D eigenvalue weighted by atomic mass is 16.6. The molecule has 1 unspecified atom stereocenters. The lowest BCUT2D eigenvalue weighted by atomic mass is 9.98.